The van der Waals surface area contributed by atoms with Gasteiger partial charge in [-0.2, -0.15) is 0 Å². The van der Waals surface area contributed by atoms with Gasteiger partial charge in [-0.15, -0.1) is 0 Å². The summed E-state index contributed by atoms with van der Waals surface area (Å²) in [6.07, 6.45) is 0. The molecule has 0 saturated heterocycles. The molecule has 0 saturated carbocycles. The average Bonchev–Trinajstić information content (AvgIpc) is 2.86. The molecule has 134 valence electrons. The van der Waals surface area contributed by atoms with Crippen LogP contribution in [0.5, 0.6) is 0 Å². The van der Waals surface area contributed by atoms with Gasteiger partial charge in [0.15, 0.2) is 16.4 Å². The number of ketones is 1. The molecule has 0 atom stereocenters. The number of carbonyl (C=O) groups is 2. The van der Waals surface area contributed by atoms with Crippen LogP contribution in [0.3, 0.4) is 0 Å². The highest BCUT2D eigenvalue weighted by atomic mass is 32.2. The molecule has 1 aromatic heterocycles. The van der Waals surface area contributed by atoms with Crippen LogP contribution in [0.4, 0.5) is 0 Å². The number of ether oxygens (including phenoxy) is 1. The number of hydrogen-bond acceptors (Lipinski definition) is 5. The number of sulfone groups is 1. The predicted octanol–water partition coefficient (Wildman–Crippen LogP) is 2.48. The summed E-state index contributed by atoms with van der Waals surface area (Å²) in [5.41, 5.74) is 2.14. The largest absolute Gasteiger partial charge is 0.454 e. The van der Waals surface area contributed by atoms with Crippen LogP contribution in [0.25, 0.3) is 0 Å². The molecule has 2 aromatic rings. The second kappa shape index (κ2) is 7.23. The third kappa shape index (κ3) is 3.82. The van der Waals surface area contributed by atoms with Crippen LogP contribution >= 0.6 is 0 Å². The molecule has 0 spiro atoms. The molecule has 25 heavy (non-hydrogen) atoms. The first-order valence-electron chi connectivity index (χ1n) is 7.84. The standard InChI is InChI=1S/C18H21NO5S/c1-5-25(22,23)17-9-7-6-8-14(17)18(21)24-11-16(20)15-10-12(2)19(4)13(15)3/h6-10H,5,11H2,1-4H3. The molecule has 6 nitrogen and oxygen atoms in total. The Kier molecular flexibility index (Phi) is 5.47. The first-order valence-corrected chi connectivity index (χ1v) is 9.49. The van der Waals surface area contributed by atoms with E-state index >= 15 is 0 Å². The molecule has 2 rings (SSSR count). The third-order valence-electron chi connectivity index (χ3n) is 4.23. The summed E-state index contributed by atoms with van der Waals surface area (Å²) in [4.78, 5) is 24.5. The lowest BCUT2D eigenvalue weighted by Crippen LogP contribution is -2.17. The van der Waals surface area contributed by atoms with Crippen molar-refractivity contribution in [2.75, 3.05) is 12.4 Å². The van der Waals surface area contributed by atoms with E-state index in [2.05, 4.69) is 0 Å². The fraction of sp³-hybridized carbons (Fsp3) is 0.333. The maximum atomic E-state index is 12.3. The van der Waals surface area contributed by atoms with Crippen LogP contribution in [0.1, 0.15) is 39.0 Å². The van der Waals surface area contributed by atoms with E-state index in [0.717, 1.165) is 11.4 Å². The van der Waals surface area contributed by atoms with E-state index in [-0.39, 0.29) is 22.0 Å². The molecule has 0 aliphatic heterocycles. The molecule has 0 fully saturated rings. The highest BCUT2D eigenvalue weighted by molar-refractivity contribution is 7.91. The number of esters is 1. The van der Waals surface area contributed by atoms with E-state index in [1.807, 2.05) is 25.5 Å². The van der Waals surface area contributed by atoms with Gasteiger partial charge < -0.3 is 9.30 Å². The van der Waals surface area contributed by atoms with Gasteiger partial charge >= 0.3 is 5.97 Å². The van der Waals surface area contributed by atoms with Gasteiger partial charge in [0.1, 0.15) is 0 Å². The predicted molar refractivity (Wildman–Crippen MR) is 93.7 cm³/mol. The van der Waals surface area contributed by atoms with Crippen molar-refractivity contribution < 1.29 is 22.7 Å². The summed E-state index contributed by atoms with van der Waals surface area (Å²) in [5, 5.41) is 0. The molecular weight excluding hydrogens is 342 g/mol. The number of Topliss-reactive ketones (excluding diaryl/α,β-unsaturated/α-hetero) is 1. The Morgan fingerprint density at radius 3 is 2.32 bits per heavy atom. The molecule has 0 radical (unpaired) electrons. The van der Waals surface area contributed by atoms with Gasteiger partial charge in [-0.1, -0.05) is 19.1 Å². The first-order chi connectivity index (χ1) is 11.7. The van der Waals surface area contributed by atoms with Crippen LogP contribution in [0.15, 0.2) is 35.2 Å². The van der Waals surface area contributed by atoms with E-state index in [9.17, 15) is 18.0 Å². The van der Waals surface area contributed by atoms with Crippen molar-refractivity contribution in [1.29, 1.82) is 0 Å². The Labute approximate surface area is 147 Å². The minimum atomic E-state index is -3.56. The first kappa shape index (κ1) is 18.9. The third-order valence-corrected chi connectivity index (χ3v) is 6.02. The highest BCUT2D eigenvalue weighted by Crippen LogP contribution is 2.19. The van der Waals surface area contributed by atoms with Crippen molar-refractivity contribution in [3.8, 4) is 0 Å². The SMILES string of the molecule is CCS(=O)(=O)c1ccccc1C(=O)OCC(=O)c1cc(C)n(C)c1C. The molecule has 0 aliphatic carbocycles. The average molecular weight is 363 g/mol. The number of benzene rings is 1. The maximum absolute atomic E-state index is 12.3. The lowest BCUT2D eigenvalue weighted by Gasteiger charge is -2.09. The van der Waals surface area contributed by atoms with E-state index in [1.165, 1.54) is 19.1 Å². The molecule has 0 bridgehead atoms. The zero-order valence-electron chi connectivity index (χ0n) is 14.7. The van der Waals surface area contributed by atoms with Gasteiger partial charge in [0.05, 0.1) is 16.2 Å². The molecule has 1 aromatic carbocycles. The van der Waals surface area contributed by atoms with Crippen LogP contribution in [0.2, 0.25) is 0 Å². The summed E-state index contributed by atoms with van der Waals surface area (Å²) in [7, 11) is -1.72. The molecule has 0 unspecified atom stereocenters. The maximum Gasteiger partial charge on any atom is 0.339 e. The van der Waals surface area contributed by atoms with E-state index in [0.29, 0.717) is 5.56 Å². The van der Waals surface area contributed by atoms with Crippen molar-refractivity contribution in [3.63, 3.8) is 0 Å². The summed E-state index contributed by atoms with van der Waals surface area (Å²) < 4.78 is 31.1. The van der Waals surface area contributed by atoms with Crippen molar-refractivity contribution in [2.24, 2.45) is 7.05 Å². The van der Waals surface area contributed by atoms with Crippen molar-refractivity contribution in [2.45, 2.75) is 25.7 Å². The van der Waals surface area contributed by atoms with Crippen molar-refractivity contribution in [3.05, 3.63) is 52.8 Å². The molecule has 0 amide bonds. The Morgan fingerprint density at radius 1 is 1.12 bits per heavy atom. The summed E-state index contributed by atoms with van der Waals surface area (Å²) in [6, 6.07) is 7.58. The number of aryl methyl sites for hydroxylation is 1. The van der Waals surface area contributed by atoms with Crippen LogP contribution in [-0.2, 0) is 21.6 Å². The number of hydrogen-bond donors (Lipinski definition) is 0. The Hall–Kier alpha value is -2.41. The zero-order chi connectivity index (χ0) is 18.8. The number of rotatable bonds is 6. The normalized spacial score (nSPS) is 11.4. The van der Waals surface area contributed by atoms with Crippen molar-refractivity contribution in [1.82, 2.24) is 4.57 Å². The van der Waals surface area contributed by atoms with Gasteiger partial charge in [-0.3, -0.25) is 4.79 Å². The Morgan fingerprint density at radius 2 is 1.76 bits per heavy atom. The van der Waals surface area contributed by atoms with E-state index < -0.39 is 22.4 Å². The molecule has 1 heterocycles. The lowest BCUT2D eigenvalue weighted by atomic mass is 10.1. The van der Waals surface area contributed by atoms with Crippen molar-refractivity contribution >= 4 is 21.6 Å². The Bertz CT molecular complexity index is 925. The molecule has 0 aliphatic rings. The highest BCUT2D eigenvalue weighted by Gasteiger charge is 2.23. The van der Waals surface area contributed by atoms with E-state index in [1.54, 1.807) is 18.2 Å². The van der Waals surface area contributed by atoms with Crippen LogP contribution < -0.4 is 0 Å². The summed E-state index contributed by atoms with van der Waals surface area (Å²) in [5.74, 6) is -1.28. The van der Waals surface area contributed by atoms with E-state index in [4.69, 9.17) is 4.74 Å². The molecule has 0 N–H and O–H groups in total. The summed E-state index contributed by atoms with van der Waals surface area (Å²) >= 11 is 0. The van der Waals surface area contributed by atoms with Gasteiger partial charge in [0.25, 0.3) is 0 Å². The second-order valence-corrected chi connectivity index (χ2v) is 7.99. The second-order valence-electron chi connectivity index (χ2n) is 5.74. The minimum Gasteiger partial charge on any atom is -0.454 e. The fourth-order valence-electron chi connectivity index (χ4n) is 2.49. The smallest absolute Gasteiger partial charge is 0.339 e. The molecule has 7 heteroatoms. The fourth-order valence-corrected chi connectivity index (χ4v) is 3.57. The zero-order valence-corrected chi connectivity index (χ0v) is 15.5. The van der Waals surface area contributed by atoms with Crippen LogP contribution in [-0.4, -0.2) is 37.1 Å². The minimum absolute atomic E-state index is 0.0573. The van der Waals surface area contributed by atoms with Gasteiger partial charge in [-0.05, 0) is 32.0 Å². The monoisotopic (exact) mass is 363 g/mol. The molecular formula is C18H21NO5S. The van der Waals surface area contributed by atoms with Gasteiger partial charge in [0, 0.05) is 24.0 Å². The number of aromatic nitrogens is 1. The lowest BCUT2D eigenvalue weighted by molar-refractivity contribution is 0.0471. The number of carbonyl (C=O) groups excluding carboxylic acids is 2. The van der Waals surface area contributed by atoms with Crippen LogP contribution in [0, 0.1) is 13.8 Å². The van der Waals surface area contributed by atoms with Gasteiger partial charge in [-0.25, -0.2) is 13.2 Å². The quantitative estimate of drug-likeness (QED) is 0.582. The van der Waals surface area contributed by atoms with Gasteiger partial charge in [0.2, 0.25) is 5.78 Å². The number of nitrogens with zero attached hydrogens (tertiary/aromatic N) is 1. The Balaban J connectivity index is 2.19. The summed E-state index contributed by atoms with van der Waals surface area (Å²) in [6.45, 7) is 4.75. The topological polar surface area (TPSA) is 82.4 Å².